The van der Waals surface area contributed by atoms with Crippen LogP contribution >= 0.6 is 35.0 Å². The zero-order valence-corrected chi connectivity index (χ0v) is 18.1. The van der Waals surface area contributed by atoms with Gasteiger partial charge in [0.15, 0.2) is 0 Å². The van der Waals surface area contributed by atoms with Gasteiger partial charge in [-0.1, -0.05) is 41.4 Å². The lowest BCUT2D eigenvalue weighted by molar-refractivity contribution is -0.129. The molecule has 0 unspecified atom stereocenters. The van der Waals surface area contributed by atoms with Crippen LogP contribution in [0.5, 0.6) is 0 Å². The van der Waals surface area contributed by atoms with Crippen molar-refractivity contribution in [3.63, 3.8) is 0 Å². The largest absolute Gasteiger partial charge is 0.342 e. The van der Waals surface area contributed by atoms with E-state index in [-0.39, 0.29) is 22.6 Å². The molecule has 28 heavy (non-hydrogen) atoms. The molecule has 1 fully saturated rings. The number of piperidine rings is 1. The zero-order chi connectivity index (χ0) is 20.1. The maximum Gasteiger partial charge on any atom is 0.240 e. The third kappa shape index (κ3) is 5.64. The van der Waals surface area contributed by atoms with Gasteiger partial charge in [0.2, 0.25) is 15.9 Å². The number of hydrogen-bond acceptors (Lipinski definition) is 4. The molecule has 2 aromatic rings. The van der Waals surface area contributed by atoms with Gasteiger partial charge >= 0.3 is 0 Å². The second-order valence-electron chi connectivity index (χ2n) is 6.45. The van der Waals surface area contributed by atoms with Crippen molar-refractivity contribution in [2.75, 3.05) is 18.8 Å². The standard InChI is InChI=1S/C19H20Cl2N2O3S2/c20-14-6-7-17(21)18(12-14)27-13-19(24)23-10-8-15(9-11-23)22-28(25,26)16-4-2-1-3-5-16/h1-7,12,15,22H,8-11,13H2. The van der Waals surface area contributed by atoms with E-state index in [0.717, 1.165) is 4.90 Å². The first kappa shape index (κ1) is 21.5. The molecule has 0 bridgehead atoms. The number of amides is 1. The van der Waals surface area contributed by atoms with Crippen LogP contribution in [0.1, 0.15) is 12.8 Å². The first-order valence-electron chi connectivity index (χ1n) is 8.78. The number of rotatable bonds is 6. The molecule has 1 aliphatic rings. The van der Waals surface area contributed by atoms with Gasteiger partial charge in [0.1, 0.15) is 0 Å². The van der Waals surface area contributed by atoms with E-state index < -0.39 is 10.0 Å². The fraction of sp³-hybridized carbons (Fsp3) is 0.316. The Morgan fingerprint density at radius 2 is 1.79 bits per heavy atom. The molecule has 150 valence electrons. The molecule has 1 N–H and O–H groups in total. The SMILES string of the molecule is O=C(CSc1cc(Cl)ccc1Cl)N1CCC(NS(=O)(=O)c2ccccc2)CC1. The molecule has 0 aromatic heterocycles. The molecule has 0 aliphatic carbocycles. The number of nitrogens with one attached hydrogen (secondary N) is 1. The average Bonchev–Trinajstić information content (AvgIpc) is 2.69. The predicted octanol–water partition coefficient (Wildman–Crippen LogP) is 4.06. The number of carbonyl (C=O) groups excluding carboxylic acids is 1. The summed E-state index contributed by atoms with van der Waals surface area (Å²) in [5.74, 6) is 0.269. The summed E-state index contributed by atoms with van der Waals surface area (Å²) in [6.07, 6.45) is 1.17. The minimum absolute atomic E-state index is 0.00501. The summed E-state index contributed by atoms with van der Waals surface area (Å²) >= 11 is 13.4. The van der Waals surface area contributed by atoms with Crippen LogP contribution in [-0.2, 0) is 14.8 Å². The molecule has 0 saturated carbocycles. The number of nitrogens with zero attached hydrogens (tertiary/aromatic N) is 1. The Kier molecular flexibility index (Phi) is 7.28. The van der Waals surface area contributed by atoms with Crippen molar-refractivity contribution in [3.8, 4) is 0 Å². The normalized spacial score (nSPS) is 15.6. The minimum Gasteiger partial charge on any atom is -0.342 e. The van der Waals surface area contributed by atoms with Crippen molar-refractivity contribution in [1.82, 2.24) is 9.62 Å². The Bertz CT molecular complexity index is 931. The summed E-state index contributed by atoms with van der Waals surface area (Å²) in [7, 11) is -3.54. The van der Waals surface area contributed by atoms with Gasteiger partial charge in [-0.05, 0) is 43.2 Å². The van der Waals surface area contributed by atoms with Crippen molar-refractivity contribution < 1.29 is 13.2 Å². The summed E-state index contributed by atoms with van der Waals surface area (Å²) in [6.45, 7) is 1.04. The lowest BCUT2D eigenvalue weighted by Gasteiger charge is -2.32. The van der Waals surface area contributed by atoms with Gasteiger partial charge in [-0.3, -0.25) is 4.79 Å². The number of thioether (sulfide) groups is 1. The van der Waals surface area contributed by atoms with Crippen molar-refractivity contribution >= 4 is 50.9 Å². The molecule has 5 nitrogen and oxygen atoms in total. The molecule has 2 aromatic carbocycles. The molecular weight excluding hydrogens is 439 g/mol. The van der Waals surface area contributed by atoms with Gasteiger partial charge in [-0.15, -0.1) is 11.8 Å². The molecule has 9 heteroatoms. The van der Waals surface area contributed by atoms with E-state index in [9.17, 15) is 13.2 Å². The monoisotopic (exact) mass is 458 g/mol. The van der Waals surface area contributed by atoms with Crippen LogP contribution in [0, 0.1) is 0 Å². The fourth-order valence-electron chi connectivity index (χ4n) is 2.95. The van der Waals surface area contributed by atoms with Gasteiger partial charge in [-0.25, -0.2) is 13.1 Å². The van der Waals surface area contributed by atoms with Crippen LogP contribution in [-0.4, -0.2) is 44.1 Å². The van der Waals surface area contributed by atoms with Crippen LogP contribution in [0.15, 0.2) is 58.3 Å². The summed E-state index contributed by atoms with van der Waals surface area (Å²) < 4.78 is 27.6. The van der Waals surface area contributed by atoms with Gasteiger partial charge in [0.25, 0.3) is 0 Å². The summed E-state index contributed by atoms with van der Waals surface area (Å²) in [5.41, 5.74) is 0. The van der Waals surface area contributed by atoms with Crippen LogP contribution in [0.3, 0.4) is 0 Å². The molecule has 0 atom stereocenters. The summed E-state index contributed by atoms with van der Waals surface area (Å²) in [5, 5.41) is 1.14. The van der Waals surface area contributed by atoms with Gasteiger partial charge in [-0.2, -0.15) is 0 Å². The van der Waals surface area contributed by atoms with Crippen LogP contribution in [0.2, 0.25) is 10.0 Å². The van der Waals surface area contributed by atoms with Crippen molar-refractivity contribution in [2.24, 2.45) is 0 Å². The Hall–Kier alpha value is -1.25. The summed E-state index contributed by atoms with van der Waals surface area (Å²) in [4.78, 5) is 15.3. The molecule has 1 amide bonds. The molecule has 1 aliphatic heterocycles. The second kappa shape index (κ2) is 9.50. The van der Waals surface area contributed by atoms with E-state index in [1.54, 1.807) is 53.4 Å². The lowest BCUT2D eigenvalue weighted by atomic mass is 10.1. The maximum atomic E-state index is 12.5. The number of carbonyl (C=O) groups is 1. The molecule has 0 radical (unpaired) electrons. The highest BCUT2D eigenvalue weighted by Gasteiger charge is 2.26. The molecule has 0 spiro atoms. The van der Waals surface area contributed by atoms with Crippen LogP contribution in [0.4, 0.5) is 0 Å². The van der Waals surface area contributed by atoms with E-state index >= 15 is 0 Å². The van der Waals surface area contributed by atoms with Crippen molar-refractivity contribution in [1.29, 1.82) is 0 Å². The number of halogens is 2. The van der Waals surface area contributed by atoms with Crippen LogP contribution < -0.4 is 4.72 Å². The van der Waals surface area contributed by atoms with Gasteiger partial charge in [0.05, 0.1) is 15.7 Å². The van der Waals surface area contributed by atoms with Gasteiger partial charge < -0.3 is 4.90 Å². The topological polar surface area (TPSA) is 66.5 Å². The third-order valence-electron chi connectivity index (χ3n) is 4.47. The third-order valence-corrected chi connectivity index (χ3v) is 7.72. The maximum absolute atomic E-state index is 12.5. The number of likely N-dealkylation sites (tertiary alicyclic amines) is 1. The minimum atomic E-state index is -3.54. The van der Waals surface area contributed by atoms with Crippen LogP contribution in [0.25, 0.3) is 0 Å². The van der Waals surface area contributed by atoms with E-state index in [1.165, 1.54) is 11.8 Å². The Morgan fingerprint density at radius 1 is 1.11 bits per heavy atom. The number of benzene rings is 2. The van der Waals surface area contributed by atoms with Crippen molar-refractivity contribution in [2.45, 2.75) is 28.7 Å². The zero-order valence-electron chi connectivity index (χ0n) is 15.0. The van der Waals surface area contributed by atoms with Crippen molar-refractivity contribution in [3.05, 3.63) is 58.6 Å². The second-order valence-corrected chi connectivity index (χ2v) is 10.0. The summed E-state index contributed by atoms with van der Waals surface area (Å²) in [6, 6.07) is 13.3. The molecule has 1 saturated heterocycles. The quantitative estimate of drug-likeness (QED) is 0.662. The first-order valence-corrected chi connectivity index (χ1v) is 12.0. The highest BCUT2D eigenvalue weighted by atomic mass is 35.5. The molecule has 3 rings (SSSR count). The highest BCUT2D eigenvalue weighted by molar-refractivity contribution is 8.00. The van der Waals surface area contributed by atoms with E-state index in [2.05, 4.69) is 4.72 Å². The average molecular weight is 459 g/mol. The fourth-order valence-corrected chi connectivity index (χ4v) is 5.67. The lowest BCUT2D eigenvalue weighted by Crippen LogP contribution is -2.46. The first-order chi connectivity index (χ1) is 13.3. The van der Waals surface area contributed by atoms with E-state index in [1.807, 2.05) is 0 Å². The number of hydrogen-bond donors (Lipinski definition) is 1. The highest BCUT2D eigenvalue weighted by Crippen LogP contribution is 2.30. The predicted molar refractivity (Wildman–Crippen MR) is 114 cm³/mol. The smallest absolute Gasteiger partial charge is 0.240 e. The van der Waals surface area contributed by atoms with E-state index in [0.29, 0.717) is 36.0 Å². The Balaban J connectivity index is 1.49. The molecule has 1 heterocycles. The Labute approximate surface area is 179 Å². The number of sulfonamides is 1. The van der Waals surface area contributed by atoms with E-state index in [4.69, 9.17) is 23.2 Å². The van der Waals surface area contributed by atoms with Gasteiger partial charge in [0, 0.05) is 29.0 Å². The Morgan fingerprint density at radius 3 is 2.46 bits per heavy atom. The molecular formula is C19H20Cl2N2O3S2.